The van der Waals surface area contributed by atoms with Crippen molar-refractivity contribution in [2.24, 2.45) is 0 Å². The molecule has 28 heavy (non-hydrogen) atoms. The van der Waals surface area contributed by atoms with E-state index in [2.05, 4.69) is 25.8 Å². The fourth-order valence-corrected chi connectivity index (χ4v) is 2.87. The van der Waals surface area contributed by atoms with E-state index < -0.39 is 0 Å². The van der Waals surface area contributed by atoms with Crippen molar-refractivity contribution in [3.63, 3.8) is 0 Å². The minimum atomic E-state index is -0.308. The van der Waals surface area contributed by atoms with Crippen LogP contribution in [-0.2, 0) is 11.3 Å². The minimum Gasteiger partial charge on any atom is -0.385 e. The standard InChI is InChI=1S/C20H24N6O2/c1-15(19-25-22-14-26(19)11-6-12-28-2)23-20(27)24-17-8-5-7-16(13-17)18-9-3-4-10-21-18/h3-5,7-10,13-15H,6,11-12H2,1-2H3,(H2,23,24,27)/t15-/m0/s1. The van der Waals surface area contributed by atoms with E-state index in [1.54, 1.807) is 19.6 Å². The van der Waals surface area contributed by atoms with Crippen molar-refractivity contribution in [3.05, 3.63) is 60.8 Å². The van der Waals surface area contributed by atoms with Gasteiger partial charge in [-0.2, -0.15) is 0 Å². The summed E-state index contributed by atoms with van der Waals surface area (Å²) in [4.78, 5) is 16.8. The second-order valence-corrected chi connectivity index (χ2v) is 6.34. The van der Waals surface area contributed by atoms with Crippen LogP contribution in [0.15, 0.2) is 55.0 Å². The van der Waals surface area contributed by atoms with Crippen molar-refractivity contribution in [1.29, 1.82) is 0 Å². The van der Waals surface area contributed by atoms with E-state index >= 15 is 0 Å². The van der Waals surface area contributed by atoms with Crippen LogP contribution in [0.1, 0.15) is 25.2 Å². The summed E-state index contributed by atoms with van der Waals surface area (Å²) >= 11 is 0. The van der Waals surface area contributed by atoms with Crippen LogP contribution in [0.5, 0.6) is 0 Å². The molecular formula is C20H24N6O2. The molecule has 0 fully saturated rings. The largest absolute Gasteiger partial charge is 0.385 e. The van der Waals surface area contributed by atoms with Gasteiger partial charge in [0.05, 0.1) is 11.7 Å². The molecular weight excluding hydrogens is 356 g/mol. The molecule has 1 atom stereocenters. The van der Waals surface area contributed by atoms with E-state index in [0.29, 0.717) is 18.1 Å². The third kappa shape index (κ3) is 5.14. The molecule has 0 spiro atoms. The van der Waals surface area contributed by atoms with Gasteiger partial charge >= 0.3 is 6.03 Å². The number of pyridine rings is 1. The lowest BCUT2D eigenvalue weighted by Crippen LogP contribution is -2.32. The average Bonchev–Trinajstić information content (AvgIpc) is 3.18. The van der Waals surface area contributed by atoms with Crippen molar-refractivity contribution < 1.29 is 9.53 Å². The van der Waals surface area contributed by atoms with Gasteiger partial charge in [0.1, 0.15) is 6.33 Å². The summed E-state index contributed by atoms with van der Waals surface area (Å²) < 4.78 is 7.00. The van der Waals surface area contributed by atoms with Crippen LogP contribution < -0.4 is 10.6 Å². The van der Waals surface area contributed by atoms with Crippen molar-refractivity contribution in [2.75, 3.05) is 19.0 Å². The van der Waals surface area contributed by atoms with Crippen LogP contribution in [0.2, 0.25) is 0 Å². The number of urea groups is 1. The Labute approximate surface area is 164 Å². The van der Waals surface area contributed by atoms with Crippen molar-refractivity contribution >= 4 is 11.7 Å². The maximum absolute atomic E-state index is 12.4. The van der Waals surface area contributed by atoms with Gasteiger partial charge in [-0.05, 0) is 37.6 Å². The summed E-state index contributed by atoms with van der Waals surface area (Å²) in [6.07, 6.45) is 4.25. The summed E-state index contributed by atoms with van der Waals surface area (Å²) in [5.74, 6) is 0.702. The molecule has 0 bridgehead atoms. The number of hydrogen-bond donors (Lipinski definition) is 2. The third-order valence-corrected chi connectivity index (χ3v) is 4.21. The number of carbonyl (C=O) groups is 1. The van der Waals surface area contributed by atoms with E-state index in [0.717, 1.165) is 24.2 Å². The van der Waals surface area contributed by atoms with Crippen LogP contribution in [0.4, 0.5) is 10.5 Å². The van der Waals surface area contributed by atoms with Gasteiger partial charge in [0.15, 0.2) is 5.82 Å². The molecule has 0 aliphatic heterocycles. The monoisotopic (exact) mass is 380 g/mol. The number of nitrogens with one attached hydrogen (secondary N) is 2. The summed E-state index contributed by atoms with van der Waals surface area (Å²) in [7, 11) is 1.67. The number of ether oxygens (including phenoxy) is 1. The molecule has 0 radical (unpaired) electrons. The van der Waals surface area contributed by atoms with Crippen molar-refractivity contribution in [2.45, 2.75) is 25.9 Å². The summed E-state index contributed by atoms with van der Waals surface area (Å²) in [5.41, 5.74) is 2.47. The molecule has 2 amide bonds. The predicted molar refractivity (Wildman–Crippen MR) is 107 cm³/mol. The number of nitrogens with zero attached hydrogens (tertiary/aromatic N) is 4. The molecule has 8 nitrogen and oxygen atoms in total. The fraction of sp³-hybridized carbons (Fsp3) is 0.300. The van der Waals surface area contributed by atoms with E-state index in [9.17, 15) is 4.79 Å². The normalized spacial score (nSPS) is 11.8. The SMILES string of the molecule is COCCCn1cnnc1[C@H](C)NC(=O)Nc1cccc(-c2ccccn2)c1. The molecule has 2 N–H and O–H groups in total. The lowest BCUT2D eigenvalue weighted by molar-refractivity contribution is 0.189. The van der Waals surface area contributed by atoms with Gasteiger partial charge < -0.3 is 19.9 Å². The highest BCUT2D eigenvalue weighted by Crippen LogP contribution is 2.20. The second kappa shape index (κ2) is 9.61. The molecule has 0 aliphatic rings. The minimum absolute atomic E-state index is 0.288. The van der Waals surface area contributed by atoms with Crippen molar-refractivity contribution in [1.82, 2.24) is 25.1 Å². The van der Waals surface area contributed by atoms with Crippen LogP contribution >= 0.6 is 0 Å². The molecule has 0 aliphatic carbocycles. The smallest absolute Gasteiger partial charge is 0.319 e. The number of carbonyl (C=O) groups excluding carboxylic acids is 1. The lowest BCUT2D eigenvalue weighted by atomic mass is 10.1. The zero-order chi connectivity index (χ0) is 19.8. The van der Waals surface area contributed by atoms with E-state index in [-0.39, 0.29) is 12.1 Å². The third-order valence-electron chi connectivity index (χ3n) is 4.21. The van der Waals surface area contributed by atoms with Gasteiger partial charge in [-0.3, -0.25) is 4.98 Å². The first-order valence-corrected chi connectivity index (χ1v) is 9.13. The Kier molecular flexibility index (Phi) is 6.69. The topological polar surface area (TPSA) is 94.0 Å². The molecule has 1 aromatic carbocycles. The zero-order valence-corrected chi connectivity index (χ0v) is 16.0. The average molecular weight is 380 g/mol. The Morgan fingerprint density at radius 2 is 2.14 bits per heavy atom. The van der Waals surface area contributed by atoms with Crippen LogP contribution in [-0.4, -0.2) is 39.5 Å². The molecule has 3 aromatic rings. The first-order valence-electron chi connectivity index (χ1n) is 9.13. The number of aromatic nitrogens is 4. The first kappa shape index (κ1) is 19.5. The van der Waals surface area contributed by atoms with Crippen molar-refractivity contribution in [3.8, 4) is 11.3 Å². The second-order valence-electron chi connectivity index (χ2n) is 6.34. The molecule has 0 saturated carbocycles. The Hall–Kier alpha value is -3.26. The molecule has 2 heterocycles. The highest BCUT2D eigenvalue weighted by atomic mass is 16.5. The van der Waals surface area contributed by atoms with Gasteiger partial charge in [-0.15, -0.1) is 10.2 Å². The first-order chi connectivity index (χ1) is 13.7. The number of aryl methyl sites for hydroxylation is 1. The van der Waals surface area contributed by atoms with E-state index in [4.69, 9.17) is 4.74 Å². The fourth-order valence-electron chi connectivity index (χ4n) is 2.87. The number of anilines is 1. The molecule has 146 valence electrons. The quantitative estimate of drug-likeness (QED) is 0.585. The Morgan fingerprint density at radius 3 is 2.93 bits per heavy atom. The predicted octanol–water partition coefficient (Wildman–Crippen LogP) is 3.26. The Balaban J connectivity index is 1.61. The molecule has 3 rings (SSSR count). The van der Waals surface area contributed by atoms with Gasteiger partial charge in [0, 0.05) is 37.7 Å². The summed E-state index contributed by atoms with van der Waals surface area (Å²) in [5, 5.41) is 13.8. The summed E-state index contributed by atoms with van der Waals surface area (Å²) in [6.45, 7) is 3.27. The maximum atomic E-state index is 12.4. The summed E-state index contributed by atoms with van der Waals surface area (Å²) in [6, 6.07) is 12.7. The molecule has 0 unspecified atom stereocenters. The molecule has 8 heteroatoms. The highest BCUT2D eigenvalue weighted by molar-refractivity contribution is 5.90. The van der Waals surface area contributed by atoms with Crippen LogP contribution in [0.25, 0.3) is 11.3 Å². The van der Waals surface area contributed by atoms with Gasteiger partial charge in [0.2, 0.25) is 0 Å². The molecule has 2 aromatic heterocycles. The lowest BCUT2D eigenvalue weighted by Gasteiger charge is -2.15. The number of hydrogen-bond acceptors (Lipinski definition) is 5. The maximum Gasteiger partial charge on any atom is 0.319 e. The van der Waals surface area contributed by atoms with Crippen LogP contribution in [0, 0.1) is 0 Å². The number of benzene rings is 1. The number of methoxy groups -OCH3 is 1. The van der Waals surface area contributed by atoms with Gasteiger partial charge in [-0.1, -0.05) is 18.2 Å². The molecule has 0 saturated heterocycles. The van der Waals surface area contributed by atoms with E-state index in [1.807, 2.05) is 54.0 Å². The van der Waals surface area contributed by atoms with Crippen LogP contribution in [0.3, 0.4) is 0 Å². The van der Waals surface area contributed by atoms with E-state index in [1.165, 1.54) is 0 Å². The Morgan fingerprint density at radius 1 is 1.25 bits per heavy atom. The van der Waals surface area contributed by atoms with Gasteiger partial charge in [0.25, 0.3) is 0 Å². The zero-order valence-electron chi connectivity index (χ0n) is 16.0. The van der Waals surface area contributed by atoms with Gasteiger partial charge in [-0.25, -0.2) is 4.79 Å². The number of amides is 2. The Bertz CT molecular complexity index is 896. The highest BCUT2D eigenvalue weighted by Gasteiger charge is 2.16. The number of rotatable bonds is 8.